The number of benzene rings is 1. The highest BCUT2D eigenvalue weighted by Gasteiger charge is 2.29. The van der Waals surface area contributed by atoms with Gasteiger partial charge in [0.05, 0.1) is 13.0 Å². The number of carbonyl (C=O) groups is 2. The highest BCUT2D eigenvalue weighted by atomic mass is 16.5. The second kappa shape index (κ2) is 6.07. The van der Waals surface area contributed by atoms with E-state index in [0.717, 1.165) is 18.4 Å². The van der Waals surface area contributed by atoms with Crippen LogP contribution < -0.4 is 0 Å². The summed E-state index contributed by atoms with van der Waals surface area (Å²) >= 11 is 0. The number of hydrogen-bond acceptors (Lipinski definition) is 3. The van der Waals surface area contributed by atoms with E-state index in [9.17, 15) is 9.59 Å². The summed E-state index contributed by atoms with van der Waals surface area (Å²) in [5, 5.41) is 0. The highest BCUT2D eigenvalue weighted by Crippen LogP contribution is 2.20. The number of ether oxygens (including phenoxy) is 1. The summed E-state index contributed by atoms with van der Waals surface area (Å²) < 4.78 is 4.78. The van der Waals surface area contributed by atoms with Gasteiger partial charge in [0, 0.05) is 18.7 Å². The van der Waals surface area contributed by atoms with Gasteiger partial charge in [0.2, 0.25) is 0 Å². The van der Waals surface area contributed by atoms with Gasteiger partial charge in [0.15, 0.2) is 0 Å². The zero-order chi connectivity index (χ0) is 14.7. The number of amides is 1. The maximum absolute atomic E-state index is 12.5. The molecule has 1 aliphatic heterocycles. The number of nitrogens with zero attached hydrogens (tertiary/aromatic N) is 1. The number of rotatable bonds is 2. The molecule has 1 atom stereocenters. The Hall–Kier alpha value is -1.84. The average Bonchev–Trinajstić information content (AvgIpc) is 2.48. The molecule has 0 saturated carbocycles. The molecule has 0 radical (unpaired) electrons. The van der Waals surface area contributed by atoms with Crippen LogP contribution >= 0.6 is 0 Å². The third-order valence-corrected chi connectivity index (χ3v) is 4.00. The summed E-state index contributed by atoms with van der Waals surface area (Å²) in [6.45, 7) is 5.19. The van der Waals surface area contributed by atoms with E-state index >= 15 is 0 Å². The number of hydrogen-bond donors (Lipinski definition) is 0. The molecule has 1 saturated heterocycles. The van der Waals surface area contributed by atoms with E-state index in [1.807, 2.05) is 32.0 Å². The van der Waals surface area contributed by atoms with Crippen molar-refractivity contribution in [3.8, 4) is 0 Å². The fourth-order valence-corrected chi connectivity index (χ4v) is 2.58. The Labute approximate surface area is 119 Å². The van der Waals surface area contributed by atoms with Crippen molar-refractivity contribution >= 4 is 11.9 Å². The van der Waals surface area contributed by atoms with Crippen molar-refractivity contribution in [1.82, 2.24) is 4.90 Å². The molecule has 1 amide bonds. The molecule has 0 aliphatic carbocycles. The van der Waals surface area contributed by atoms with Gasteiger partial charge in [-0.15, -0.1) is 0 Å². The first-order valence-corrected chi connectivity index (χ1v) is 6.97. The number of piperidine rings is 1. The molecule has 1 heterocycles. The lowest BCUT2D eigenvalue weighted by Gasteiger charge is -2.31. The minimum absolute atomic E-state index is 0.00158. The van der Waals surface area contributed by atoms with Crippen molar-refractivity contribution in [2.45, 2.75) is 26.7 Å². The van der Waals surface area contributed by atoms with Crippen LogP contribution in [0.4, 0.5) is 0 Å². The van der Waals surface area contributed by atoms with Gasteiger partial charge < -0.3 is 9.64 Å². The molecule has 0 unspecified atom stereocenters. The lowest BCUT2D eigenvalue weighted by Crippen LogP contribution is -2.42. The van der Waals surface area contributed by atoms with Crippen molar-refractivity contribution in [3.05, 3.63) is 34.9 Å². The Morgan fingerprint density at radius 3 is 2.65 bits per heavy atom. The summed E-state index contributed by atoms with van der Waals surface area (Å²) in [5.74, 6) is -0.409. The van der Waals surface area contributed by atoms with Crippen LogP contribution in [0.15, 0.2) is 18.2 Å². The second-order valence-corrected chi connectivity index (χ2v) is 5.41. The standard InChI is InChI=1S/C16H21NO3/c1-11-6-7-13(9-12(11)2)15(18)17-8-4-5-14(10-17)16(19)20-3/h6-7,9,14H,4-5,8,10H2,1-3H3/t14-/m1/s1. The topological polar surface area (TPSA) is 46.6 Å². The normalized spacial score (nSPS) is 18.8. The molecule has 1 fully saturated rings. The summed E-state index contributed by atoms with van der Waals surface area (Å²) in [7, 11) is 1.40. The lowest BCUT2D eigenvalue weighted by atomic mass is 9.97. The quantitative estimate of drug-likeness (QED) is 0.778. The van der Waals surface area contributed by atoms with Gasteiger partial charge in [-0.2, -0.15) is 0 Å². The smallest absolute Gasteiger partial charge is 0.310 e. The van der Waals surface area contributed by atoms with Crippen LogP contribution in [0.2, 0.25) is 0 Å². The van der Waals surface area contributed by atoms with Crippen LogP contribution in [0.1, 0.15) is 34.3 Å². The Morgan fingerprint density at radius 1 is 1.25 bits per heavy atom. The molecule has 0 N–H and O–H groups in total. The van der Waals surface area contributed by atoms with Crippen molar-refractivity contribution < 1.29 is 14.3 Å². The predicted octanol–water partition coefficient (Wildman–Crippen LogP) is 2.33. The van der Waals surface area contributed by atoms with Crippen molar-refractivity contribution in [2.24, 2.45) is 5.92 Å². The van der Waals surface area contributed by atoms with Gasteiger partial charge in [0.25, 0.3) is 5.91 Å². The van der Waals surface area contributed by atoms with Gasteiger partial charge in [-0.25, -0.2) is 0 Å². The Bertz CT molecular complexity index is 524. The van der Waals surface area contributed by atoms with E-state index < -0.39 is 0 Å². The largest absolute Gasteiger partial charge is 0.469 e. The van der Waals surface area contributed by atoms with E-state index in [-0.39, 0.29) is 17.8 Å². The molecule has 0 spiro atoms. The molecule has 4 heteroatoms. The van der Waals surface area contributed by atoms with E-state index in [0.29, 0.717) is 18.7 Å². The van der Waals surface area contributed by atoms with Crippen LogP contribution in [0, 0.1) is 19.8 Å². The van der Waals surface area contributed by atoms with Crippen LogP contribution in [0.3, 0.4) is 0 Å². The molecule has 0 bridgehead atoms. The summed E-state index contributed by atoms with van der Waals surface area (Å²) in [6.07, 6.45) is 1.64. The predicted molar refractivity (Wildman–Crippen MR) is 76.6 cm³/mol. The minimum atomic E-state index is -0.220. The number of methoxy groups -OCH3 is 1. The van der Waals surface area contributed by atoms with Gasteiger partial charge in [0.1, 0.15) is 0 Å². The first kappa shape index (κ1) is 14.6. The zero-order valence-electron chi connectivity index (χ0n) is 12.3. The van der Waals surface area contributed by atoms with Crippen molar-refractivity contribution in [2.75, 3.05) is 20.2 Å². The van der Waals surface area contributed by atoms with Crippen LogP contribution in [0.25, 0.3) is 0 Å². The summed E-state index contributed by atoms with van der Waals surface area (Å²) in [5.41, 5.74) is 2.98. The van der Waals surface area contributed by atoms with E-state index in [1.165, 1.54) is 12.7 Å². The van der Waals surface area contributed by atoms with Gasteiger partial charge >= 0.3 is 5.97 Å². The molecule has 108 valence electrons. The zero-order valence-corrected chi connectivity index (χ0v) is 12.3. The first-order chi connectivity index (χ1) is 9.52. The molecule has 1 aliphatic rings. The Morgan fingerprint density at radius 2 is 2.00 bits per heavy atom. The van der Waals surface area contributed by atoms with Crippen molar-refractivity contribution in [1.29, 1.82) is 0 Å². The first-order valence-electron chi connectivity index (χ1n) is 6.97. The average molecular weight is 275 g/mol. The fraction of sp³-hybridized carbons (Fsp3) is 0.500. The van der Waals surface area contributed by atoms with E-state index in [1.54, 1.807) is 4.90 Å². The van der Waals surface area contributed by atoms with Gasteiger partial charge in [-0.05, 0) is 49.9 Å². The molecule has 0 aromatic heterocycles. The third-order valence-electron chi connectivity index (χ3n) is 4.00. The SMILES string of the molecule is COC(=O)[C@@H]1CCCN(C(=O)c2ccc(C)c(C)c2)C1. The summed E-state index contributed by atoms with van der Waals surface area (Å²) in [4.78, 5) is 25.9. The number of likely N-dealkylation sites (tertiary alicyclic amines) is 1. The Kier molecular flexibility index (Phi) is 4.42. The number of esters is 1. The third kappa shape index (κ3) is 3.00. The summed E-state index contributed by atoms with van der Waals surface area (Å²) in [6, 6.07) is 5.73. The maximum Gasteiger partial charge on any atom is 0.310 e. The van der Waals surface area contributed by atoms with E-state index in [2.05, 4.69) is 0 Å². The minimum Gasteiger partial charge on any atom is -0.469 e. The molecule has 1 aromatic rings. The molecule has 20 heavy (non-hydrogen) atoms. The fourth-order valence-electron chi connectivity index (χ4n) is 2.58. The van der Waals surface area contributed by atoms with Crippen LogP contribution in [-0.4, -0.2) is 37.0 Å². The maximum atomic E-state index is 12.5. The molecule has 4 nitrogen and oxygen atoms in total. The molecular formula is C16H21NO3. The molecule has 2 rings (SSSR count). The Balaban J connectivity index is 2.12. The number of carbonyl (C=O) groups excluding carboxylic acids is 2. The van der Waals surface area contributed by atoms with Crippen LogP contribution in [-0.2, 0) is 9.53 Å². The molecular weight excluding hydrogens is 254 g/mol. The van der Waals surface area contributed by atoms with E-state index in [4.69, 9.17) is 4.74 Å². The molecule has 1 aromatic carbocycles. The monoisotopic (exact) mass is 275 g/mol. The van der Waals surface area contributed by atoms with Crippen molar-refractivity contribution in [3.63, 3.8) is 0 Å². The highest BCUT2D eigenvalue weighted by molar-refractivity contribution is 5.94. The van der Waals surface area contributed by atoms with Gasteiger partial charge in [-0.1, -0.05) is 6.07 Å². The van der Waals surface area contributed by atoms with Crippen LogP contribution in [0.5, 0.6) is 0 Å². The second-order valence-electron chi connectivity index (χ2n) is 5.41. The number of aryl methyl sites for hydroxylation is 2. The van der Waals surface area contributed by atoms with Gasteiger partial charge in [-0.3, -0.25) is 9.59 Å². The lowest BCUT2D eigenvalue weighted by molar-refractivity contribution is -0.146.